The molecule has 4 saturated carbocycles. The van der Waals surface area contributed by atoms with Crippen molar-refractivity contribution in [1.82, 2.24) is 4.90 Å². The molecule has 5 rings (SSSR count). The molecule has 4 aliphatic carbocycles. The van der Waals surface area contributed by atoms with Crippen molar-refractivity contribution in [3.63, 3.8) is 0 Å². The number of nitrogens with zero attached hydrogens (tertiary/aromatic N) is 1. The van der Waals surface area contributed by atoms with Crippen LogP contribution in [0.15, 0.2) is 0 Å². The minimum Gasteiger partial charge on any atom is -0.368 e. The van der Waals surface area contributed by atoms with Crippen LogP contribution in [0, 0.1) is 23.2 Å². The third kappa shape index (κ3) is 2.06. The largest absolute Gasteiger partial charge is 0.368 e. The van der Waals surface area contributed by atoms with Crippen LogP contribution in [0.2, 0.25) is 0 Å². The predicted molar refractivity (Wildman–Crippen MR) is 77.1 cm³/mol. The van der Waals surface area contributed by atoms with Gasteiger partial charge in [0.15, 0.2) is 0 Å². The maximum absolute atomic E-state index is 6.19. The van der Waals surface area contributed by atoms with E-state index in [2.05, 4.69) is 18.7 Å². The Morgan fingerprint density at radius 3 is 1.95 bits per heavy atom. The van der Waals surface area contributed by atoms with E-state index >= 15 is 0 Å². The van der Waals surface area contributed by atoms with Gasteiger partial charge in [-0.05, 0) is 74.8 Å². The van der Waals surface area contributed by atoms with E-state index in [0.29, 0.717) is 17.6 Å². The summed E-state index contributed by atoms with van der Waals surface area (Å²) < 4.78 is 6.19. The van der Waals surface area contributed by atoms with Gasteiger partial charge in [-0.25, -0.2) is 0 Å². The van der Waals surface area contributed by atoms with E-state index < -0.39 is 0 Å². The molecule has 1 heterocycles. The molecule has 1 saturated heterocycles. The summed E-state index contributed by atoms with van der Waals surface area (Å²) >= 11 is 0. The summed E-state index contributed by atoms with van der Waals surface area (Å²) in [5.74, 6) is 3.18. The molecule has 2 heteroatoms. The standard InChI is InChI=1S/C17H29NO/c1-3-18(4-2)11-15-16(19-15)17-8-12-5-13(9-17)7-14(6-12)10-17/h12-16H,3-11H2,1-2H3/t12?,13?,14?,15-,16+,17?/m1/s1. The molecule has 19 heavy (non-hydrogen) atoms. The van der Waals surface area contributed by atoms with Gasteiger partial charge in [-0.1, -0.05) is 13.8 Å². The number of hydrogen-bond acceptors (Lipinski definition) is 2. The SMILES string of the molecule is CCN(CC)C[C@H]1O[C@@H]1C12CC3CC(CC(C3)C1)C2. The van der Waals surface area contributed by atoms with Gasteiger partial charge in [-0.3, -0.25) is 0 Å². The monoisotopic (exact) mass is 263 g/mol. The Morgan fingerprint density at radius 1 is 0.947 bits per heavy atom. The van der Waals surface area contributed by atoms with Gasteiger partial charge in [0.1, 0.15) is 0 Å². The summed E-state index contributed by atoms with van der Waals surface area (Å²) in [4.78, 5) is 2.53. The molecule has 1 aliphatic heterocycles. The molecule has 0 N–H and O–H groups in total. The Hall–Kier alpha value is -0.0800. The number of ether oxygens (including phenoxy) is 1. The molecule has 0 amide bonds. The van der Waals surface area contributed by atoms with Crippen LogP contribution < -0.4 is 0 Å². The Balaban J connectivity index is 1.43. The molecular weight excluding hydrogens is 234 g/mol. The number of likely N-dealkylation sites (N-methyl/N-ethyl adjacent to an activating group) is 1. The molecule has 2 atom stereocenters. The zero-order chi connectivity index (χ0) is 13.0. The van der Waals surface area contributed by atoms with Crippen molar-refractivity contribution in [2.45, 2.75) is 64.6 Å². The van der Waals surface area contributed by atoms with Crippen molar-refractivity contribution in [3.05, 3.63) is 0 Å². The Bertz CT molecular complexity index is 314. The average Bonchev–Trinajstić information content (AvgIpc) is 3.14. The predicted octanol–water partition coefficient (Wildman–Crippen LogP) is 3.31. The molecule has 5 aliphatic rings. The molecule has 4 bridgehead atoms. The second-order valence-electron chi connectivity index (χ2n) is 7.86. The molecule has 2 nitrogen and oxygen atoms in total. The fraction of sp³-hybridized carbons (Fsp3) is 1.00. The summed E-state index contributed by atoms with van der Waals surface area (Å²) in [6, 6.07) is 0. The van der Waals surface area contributed by atoms with Gasteiger partial charge < -0.3 is 9.64 Å². The average molecular weight is 263 g/mol. The molecule has 0 radical (unpaired) electrons. The van der Waals surface area contributed by atoms with E-state index in [0.717, 1.165) is 17.8 Å². The highest BCUT2D eigenvalue weighted by Crippen LogP contribution is 2.64. The first-order valence-electron chi connectivity index (χ1n) is 8.60. The van der Waals surface area contributed by atoms with Gasteiger partial charge in [0.2, 0.25) is 0 Å². The zero-order valence-electron chi connectivity index (χ0n) is 12.6. The highest BCUT2D eigenvalue weighted by Gasteiger charge is 2.61. The third-order valence-electron chi connectivity index (χ3n) is 6.60. The molecule has 0 unspecified atom stereocenters. The zero-order valence-corrected chi connectivity index (χ0v) is 12.6. The second kappa shape index (κ2) is 4.46. The first kappa shape index (κ1) is 12.6. The Labute approximate surface area is 117 Å². The Morgan fingerprint density at radius 2 is 1.47 bits per heavy atom. The van der Waals surface area contributed by atoms with E-state index in [1.165, 1.54) is 38.9 Å². The van der Waals surface area contributed by atoms with Crippen molar-refractivity contribution in [1.29, 1.82) is 0 Å². The first-order chi connectivity index (χ1) is 9.22. The van der Waals surface area contributed by atoms with E-state index in [-0.39, 0.29) is 0 Å². The van der Waals surface area contributed by atoms with Crippen molar-refractivity contribution in [3.8, 4) is 0 Å². The summed E-state index contributed by atoms with van der Waals surface area (Å²) in [5.41, 5.74) is 0.618. The Kier molecular flexibility index (Phi) is 2.97. The van der Waals surface area contributed by atoms with Gasteiger partial charge in [-0.2, -0.15) is 0 Å². The van der Waals surface area contributed by atoms with Gasteiger partial charge in [0.25, 0.3) is 0 Å². The number of hydrogen-bond donors (Lipinski definition) is 0. The lowest BCUT2D eigenvalue weighted by Crippen LogP contribution is -2.49. The maximum atomic E-state index is 6.19. The van der Waals surface area contributed by atoms with Crippen molar-refractivity contribution >= 4 is 0 Å². The molecular formula is C17H29NO. The van der Waals surface area contributed by atoms with Gasteiger partial charge in [0.05, 0.1) is 12.2 Å². The quantitative estimate of drug-likeness (QED) is 0.707. The van der Waals surface area contributed by atoms with Crippen LogP contribution in [0.4, 0.5) is 0 Å². The molecule has 5 fully saturated rings. The molecule has 0 aromatic heterocycles. The van der Waals surface area contributed by atoms with Gasteiger partial charge in [-0.15, -0.1) is 0 Å². The third-order valence-corrected chi connectivity index (χ3v) is 6.60. The van der Waals surface area contributed by atoms with Crippen molar-refractivity contribution < 1.29 is 4.74 Å². The molecule has 0 spiro atoms. The van der Waals surface area contributed by atoms with Gasteiger partial charge in [0, 0.05) is 6.54 Å². The fourth-order valence-electron chi connectivity index (χ4n) is 6.08. The maximum Gasteiger partial charge on any atom is 0.0974 e. The molecule has 108 valence electrons. The minimum atomic E-state index is 0.566. The summed E-state index contributed by atoms with van der Waals surface area (Å²) in [7, 11) is 0. The number of rotatable bonds is 5. The van der Waals surface area contributed by atoms with E-state index in [1.54, 1.807) is 19.3 Å². The van der Waals surface area contributed by atoms with Crippen LogP contribution in [-0.2, 0) is 4.74 Å². The van der Waals surface area contributed by atoms with E-state index in [4.69, 9.17) is 4.74 Å². The van der Waals surface area contributed by atoms with Crippen LogP contribution in [-0.4, -0.2) is 36.7 Å². The topological polar surface area (TPSA) is 15.8 Å². The van der Waals surface area contributed by atoms with Gasteiger partial charge >= 0.3 is 0 Å². The summed E-state index contributed by atoms with van der Waals surface area (Å²) in [6.07, 6.45) is 10.3. The highest BCUT2D eigenvalue weighted by molar-refractivity contribution is 5.10. The summed E-state index contributed by atoms with van der Waals surface area (Å²) in [6.45, 7) is 8.06. The highest BCUT2D eigenvalue weighted by atomic mass is 16.6. The lowest BCUT2D eigenvalue weighted by molar-refractivity contribution is -0.0670. The van der Waals surface area contributed by atoms with E-state index in [9.17, 15) is 0 Å². The van der Waals surface area contributed by atoms with Crippen LogP contribution >= 0.6 is 0 Å². The normalized spacial score (nSPS) is 51.0. The second-order valence-corrected chi connectivity index (χ2v) is 7.86. The first-order valence-corrected chi connectivity index (χ1v) is 8.60. The lowest BCUT2D eigenvalue weighted by atomic mass is 9.48. The van der Waals surface area contributed by atoms with Crippen molar-refractivity contribution in [2.75, 3.05) is 19.6 Å². The minimum absolute atomic E-state index is 0.566. The summed E-state index contributed by atoms with van der Waals surface area (Å²) in [5, 5.41) is 0. The van der Waals surface area contributed by atoms with Crippen LogP contribution in [0.3, 0.4) is 0 Å². The van der Waals surface area contributed by atoms with E-state index in [1.807, 2.05) is 0 Å². The van der Waals surface area contributed by atoms with Crippen LogP contribution in [0.25, 0.3) is 0 Å². The molecule has 0 aromatic carbocycles. The lowest BCUT2D eigenvalue weighted by Gasteiger charge is -2.56. The number of epoxide rings is 1. The van der Waals surface area contributed by atoms with Crippen LogP contribution in [0.1, 0.15) is 52.4 Å². The molecule has 0 aromatic rings. The van der Waals surface area contributed by atoms with Crippen LogP contribution in [0.5, 0.6) is 0 Å². The fourth-order valence-corrected chi connectivity index (χ4v) is 6.08. The smallest absolute Gasteiger partial charge is 0.0974 e. The van der Waals surface area contributed by atoms with Crippen molar-refractivity contribution in [2.24, 2.45) is 23.2 Å².